The number of hydrogen-bond acceptors (Lipinski definition) is 3. The van der Waals surface area contributed by atoms with Crippen LogP contribution in [0.3, 0.4) is 0 Å². The first-order chi connectivity index (χ1) is 13.8. The Morgan fingerprint density at radius 2 is 1.86 bits per heavy atom. The number of amides is 1. The standard InChI is InChI=1S/C22H20ClFN2O3/c1-14-10-11-22(21(28)29,19(12-14)16-4-8-18(24)9-5-16)20(27)26-25-13-15-2-6-17(23)7-3-15/h2-10,13,19H,11-12H2,1H3,(H,26,27)(H,28,29)/b25-13-/t19-,22+/m1/s1. The molecule has 0 spiro atoms. The number of halogens is 2. The van der Waals surface area contributed by atoms with Crippen molar-refractivity contribution < 1.29 is 19.1 Å². The molecule has 0 aromatic heterocycles. The van der Waals surface area contributed by atoms with Crippen LogP contribution >= 0.6 is 11.6 Å². The Morgan fingerprint density at radius 1 is 1.21 bits per heavy atom. The van der Waals surface area contributed by atoms with E-state index in [0.29, 0.717) is 22.6 Å². The molecule has 0 bridgehead atoms. The highest BCUT2D eigenvalue weighted by Gasteiger charge is 2.53. The number of nitrogens with one attached hydrogen (secondary N) is 1. The molecule has 1 aliphatic carbocycles. The smallest absolute Gasteiger partial charge is 0.320 e. The molecule has 7 heteroatoms. The predicted octanol–water partition coefficient (Wildman–Crippen LogP) is 4.52. The summed E-state index contributed by atoms with van der Waals surface area (Å²) in [7, 11) is 0. The van der Waals surface area contributed by atoms with Gasteiger partial charge in [-0.25, -0.2) is 9.82 Å². The van der Waals surface area contributed by atoms with Gasteiger partial charge in [0.2, 0.25) is 0 Å². The third-order valence-corrected chi connectivity index (χ3v) is 5.45. The van der Waals surface area contributed by atoms with Gasteiger partial charge in [0.25, 0.3) is 5.91 Å². The summed E-state index contributed by atoms with van der Waals surface area (Å²) < 4.78 is 13.4. The molecular weight excluding hydrogens is 395 g/mol. The number of aliphatic carboxylic acids is 1. The second-order valence-corrected chi connectivity index (χ2v) is 7.53. The van der Waals surface area contributed by atoms with Crippen molar-refractivity contribution in [1.29, 1.82) is 0 Å². The molecule has 2 atom stereocenters. The first-order valence-corrected chi connectivity index (χ1v) is 9.44. The highest BCUT2D eigenvalue weighted by Crippen LogP contribution is 2.47. The molecule has 1 aliphatic rings. The van der Waals surface area contributed by atoms with Gasteiger partial charge in [-0.3, -0.25) is 9.59 Å². The number of nitrogens with zero attached hydrogens (tertiary/aromatic N) is 1. The van der Waals surface area contributed by atoms with E-state index >= 15 is 0 Å². The molecule has 0 aliphatic heterocycles. The number of hydrogen-bond donors (Lipinski definition) is 2. The van der Waals surface area contributed by atoms with Crippen molar-refractivity contribution in [3.05, 3.63) is 82.1 Å². The van der Waals surface area contributed by atoms with E-state index < -0.39 is 29.0 Å². The highest BCUT2D eigenvalue weighted by atomic mass is 35.5. The number of benzene rings is 2. The Morgan fingerprint density at radius 3 is 2.48 bits per heavy atom. The zero-order valence-corrected chi connectivity index (χ0v) is 16.5. The molecule has 3 rings (SSSR count). The van der Waals surface area contributed by atoms with E-state index in [0.717, 1.165) is 5.57 Å². The number of hydrazone groups is 1. The van der Waals surface area contributed by atoms with Gasteiger partial charge in [-0.15, -0.1) is 0 Å². The fraction of sp³-hybridized carbons (Fsp3) is 0.227. The van der Waals surface area contributed by atoms with Gasteiger partial charge >= 0.3 is 5.97 Å². The van der Waals surface area contributed by atoms with Gasteiger partial charge in [0, 0.05) is 10.9 Å². The molecule has 150 valence electrons. The monoisotopic (exact) mass is 414 g/mol. The summed E-state index contributed by atoms with van der Waals surface area (Å²) in [6, 6.07) is 12.4. The van der Waals surface area contributed by atoms with Crippen molar-refractivity contribution in [2.75, 3.05) is 0 Å². The minimum Gasteiger partial charge on any atom is -0.480 e. The quantitative estimate of drug-likeness (QED) is 0.326. The Kier molecular flexibility index (Phi) is 6.13. The number of allylic oxidation sites excluding steroid dienone is 2. The third-order valence-electron chi connectivity index (χ3n) is 5.20. The van der Waals surface area contributed by atoms with Gasteiger partial charge in [-0.2, -0.15) is 5.10 Å². The zero-order chi connectivity index (χ0) is 21.0. The van der Waals surface area contributed by atoms with Gasteiger partial charge in [0.05, 0.1) is 6.21 Å². The summed E-state index contributed by atoms with van der Waals surface area (Å²) >= 11 is 5.84. The average molecular weight is 415 g/mol. The number of carbonyl (C=O) groups excluding carboxylic acids is 1. The van der Waals surface area contributed by atoms with Gasteiger partial charge in [0.1, 0.15) is 5.82 Å². The molecule has 2 aromatic rings. The maximum atomic E-state index is 13.4. The lowest BCUT2D eigenvalue weighted by atomic mass is 9.64. The van der Waals surface area contributed by atoms with E-state index in [1.54, 1.807) is 30.3 Å². The van der Waals surface area contributed by atoms with Gasteiger partial charge in [-0.1, -0.05) is 47.5 Å². The van der Waals surface area contributed by atoms with Crippen LogP contribution in [0.15, 0.2) is 65.3 Å². The summed E-state index contributed by atoms with van der Waals surface area (Å²) in [5, 5.41) is 14.5. The zero-order valence-electron chi connectivity index (χ0n) is 15.7. The van der Waals surface area contributed by atoms with E-state index in [1.807, 2.05) is 6.92 Å². The van der Waals surface area contributed by atoms with E-state index in [-0.39, 0.29) is 6.42 Å². The van der Waals surface area contributed by atoms with Crippen molar-refractivity contribution in [1.82, 2.24) is 5.43 Å². The molecule has 1 amide bonds. The summed E-state index contributed by atoms with van der Waals surface area (Å²) in [6.07, 6.45) is 3.59. The predicted molar refractivity (Wildman–Crippen MR) is 109 cm³/mol. The van der Waals surface area contributed by atoms with Gasteiger partial charge < -0.3 is 5.11 Å². The number of carbonyl (C=O) groups is 2. The molecule has 0 heterocycles. The van der Waals surface area contributed by atoms with E-state index in [2.05, 4.69) is 10.5 Å². The van der Waals surface area contributed by atoms with Gasteiger partial charge in [-0.05, 0) is 55.2 Å². The SMILES string of the molecule is CC1=CC[C@@](C(=O)O)(C(=O)N/N=C\c2ccc(Cl)cc2)[C@@H](c2ccc(F)cc2)C1. The fourth-order valence-corrected chi connectivity index (χ4v) is 3.68. The molecule has 0 saturated carbocycles. The van der Waals surface area contributed by atoms with Crippen LogP contribution in [0.4, 0.5) is 4.39 Å². The molecule has 0 saturated heterocycles. The van der Waals surface area contributed by atoms with Crippen LogP contribution in [-0.2, 0) is 9.59 Å². The second kappa shape index (κ2) is 8.57. The fourth-order valence-electron chi connectivity index (χ4n) is 3.55. The van der Waals surface area contributed by atoms with Crippen LogP contribution in [0.2, 0.25) is 5.02 Å². The van der Waals surface area contributed by atoms with E-state index in [1.165, 1.54) is 30.5 Å². The largest absolute Gasteiger partial charge is 0.480 e. The minimum atomic E-state index is -1.74. The molecule has 0 radical (unpaired) electrons. The van der Waals surface area contributed by atoms with Crippen LogP contribution in [0, 0.1) is 11.2 Å². The third kappa shape index (κ3) is 4.38. The molecule has 29 heavy (non-hydrogen) atoms. The van der Waals surface area contributed by atoms with Crippen molar-refractivity contribution in [2.45, 2.75) is 25.7 Å². The molecule has 2 N–H and O–H groups in total. The summed E-state index contributed by atoms with van der Waals surface area (Å²) in [5.74, 6) is -3.02. The van der Waals surface area contributed by atoms with Crippen LogP contribution in [-0.4, -0.2) is 23.2 Å². The first kappa shape index (κ1) is 20.7. The lowest BCUT2D eigenvalue weighted by Crippen LogP contribution is -2.50. The van der Waals surface area contributed by atoms with Crippen molar-refractivity contribution in [2.24, 2.45) is 10.5 Å². The van der Waals surface area contributed by atoms with Crippen LogP contribution < -0.4 is 5.43 Å². The number of rotatable bonds is 5. The van der Waals surface area contributed by atoms with Crippen molar-refractivity contribution in [3.8, 4) is 0 Å². The van der Waals surface area contributed by atoms with Crippen molar-refractivity contribution >= 4 is 29.7 Å². The lowest BCUT2D eigenvalue weighted by molar-refractivity contribution is -0.158. The normalized spacial score (nSPS) is 21.6. The summed E-state index contributed by atoms with van der Waals surface area (Å²) in [5.41, 5.74) is 2.91. The number of carboxylic acids is 1. The summed E-state index contributed by atoms with van der Waals surface area (Å²) in [4.78, 5) is 25.3. The lowest BCUT2D eigenvalue weighted by Gasteiger charge is -2.38. The average Bonchev–Trinajstić information content (AvgIpc) is 2.70. The van der Waals surface area contributed by atoms with Crippen LogP contribution in [0.1, 0.15) is 36.8 Å². The summed E-state index contributed by atoms with van der Waals surface area (Å²) in [6.45, 7) is 1.89. The molecule has 0 fully saturated rings. The maximum absolute atomic E-state index is 13.4. The van der Waals surface area contributed by atoms with Crippen LogP contribution in [0.5, 0.6) is 0 Å². The topological polar surface area (TPSA) is 78.8 Å². The minimum absolute atomic E-state index is 0.0263. The Labute approximate surface area is 172 Å². The van der Waals surface area contributed by atoms with E-state index in [9.17, 15) is 19.1 Å². The Balaban J connectivity index is 1.91. The first-order valence-electron chi connectivity index (χ1n) is 9.06. The molecule has 0 unspecified atom stereocenters. The molecule has 5 nitrogen and oxygen atoms in total. The Bertz CT molecular complexity index is 971. The number of carboxylic acid groups (broad SMARTS) is 1. The highest BCUT2D eigenvalue weighted by molar-refractivity contribution is 6.30. The molecule has 2 aromatic carbocycles. The Hall–Kier alpha value is -2.99. The molecular formula is C22H20ClFN2O3. The van der Waals surface area contributed by atoms with Gasteiger partial charge in [0.15, 0.2) is 5.41 Å². The van der Waals surface area contributed by atoms with E-state index in [4.69, 9.17) is 11.6 Å². The second-order valence-electron chi connectivity index (χ2n) is 7.09. The maximum Gasteiger partial charge on any atom is 0.320 e. The van der Waals surface area contributed by atoms with Crippen molar-refractivity contribution in [3.63, 3.8) is 0 Å². The van der Waals surface area contributed by atoms with Crippen LogP contribution in [0.25, 0.3) is 0 Å².